The van der Waals surface area contributed by atoms with Crippen LogP contribution in [0.2, 0.25) is 0 Å². The molecule has 0 aliphatic carbocycles. The number of guanidine groups is 1. The lowest BCUT2D eigenvalue weighted by Gasteiger charge is -2.15. The van der Waals surface area contributed by atoms with E-state index in [4.69, 9.17) is 14.5 Å². The molecule has 1 aromatic heterocycles. The number of rotatable bonds is 9. The molecule has 1 aliphatic rings. The minimum Gasteiger partial charge on any atom is -0.494 e. The normalized spacial score (nSPS) is 15.8. The van der Waals surface area contributed by atoms with Gasteiger partial charge in [-0.05, 0) is 38.8 Å². The maximum absolute atomic E-state index is 5.93. The molecule has 7 heteroatoms. The lowest BCUT2D eigenvalue weighted by molar-refractivity contribution is 0.254. The number of imidazole rings is 1. The van der Waals surface area contributed by atoms with Crippen LogP contribution in [0.25, 0.3) is 0 Å². The standard InChI is InChI=1S/C23H35N5O2/c1-6-24-23(27-14-22-25-8-9-28(22)15-16(3)4)26-13-19-12-21-18(10-17(5)30-21)11-20(19)29-7-2/h8-9,11-12,16-17H,6-7,10,13-15H2,1-5H3,(H2,24,26,27). The average Bonchev–Trinajstić information content (AvgIpc) is 3.28. The molecule has 0 radical (unpaired) electrons. The fourth-order valence-corrected chi connectivity index (χ4v) is 3.63. The lowest BCUT2D eigenvalue weighted by atomic mass is 10.1. The smallest absolute Gasteiger partial charge is 0.191 e. The van der Waals surface area contributed by atoms with Crippen molar-refractivity contribution in [2.24, 2.45) is 10.9 Å². The molecule has 164 valence electrons. The van der Waals surface area contributed by atoms with E-state index >= 15 is 0 Å². The van der Waals surface area contributed by atoms with E-state index in [-0.39, 0.29) is 6.10 Å². The van der Waals surface area contributed by atoms with Crippen LogP contribution in [0.1, 0.15) is 51.6 Å². The number of aliphatic imine (C=N–C) groups is 1. The monoisotopic (exact) mass is 413 g/mol. The first-order valence-corrected chi connectivity index (χ1v) is 11.0. The number of aromatic nitrogens is 2. The van der Waals surface area contributed by atoms with E-state index in [0.717, 1.165) is 48.4 Å². The molecule has 0 spiro atoms. The molecule has 1 atom stereocenters. The topological polar surface area (TPSA) is 72.7 Å². The molecule has 0 fully saturated rings. The minimum atomic E-state index is 0.210. The maximum Gasteiger partial charge on any atom is 0.191 e. The van der Waals surface area contributed by atoms with Gasteiger partial charge in [-0.15, -0.1) is 0 Å². The van der Waals surface area contributed by atoms with E-state index in [9.17, 15) is 0 Å². The highest BCUT2D eigenvalue weighted by atomic mass is 16.5. The van der Waals surface area contributed by atoms with Gasteiger partial charge >= 0.3 is 0 Å². The van der Waals surface area contributed by atoms with E-state index < -0.39 is 0 Å². The van der Waals surface area contributed by atoms with Crippen LogP contribution in [0.4, 0.5) is 0 Å². The van der Waals surface area contributed by atoms with Crippen LogP contribution in [0.15, 0.2) is 29.5 Å². The molecule has 30 heavy (non-hydrogen) atoms. The second-order valence-corrected chi connectivity index (χ2v) is 8.07. The van der Waals surface area contributed by atoms with Crippen molar-refractivity contribution in [3.05, 3.63) is 41.5 Å². The Hall–Kier alpha value is -2.70. The fourth-order valence-electron chi connectivity index (χ4n) is 3.63. The van der Waals surface area contributed by atoms with Crippen LogP contribution >= 0.6 is 0 Å². The van der Waals surface area contributed by atoms with Crippen LogP contribution in [0, 0.1) is 5.92 Å². The molecular formula is C23H35N5O2. The van der Waals surface area contributed by atoms with E-state index in [1.807, 2.05) is 19.3 Å². The summed E-state index contributed by atoms with van der Waals surface area (Å²) in [7, 11) is 0. The third kappa shape index (κ3) is 5.68. The summed E-state index contributed by atoms with van der Waals surface area (Å²) < 4.78 is 14.0. The summed E-state index contributed by atoms with van der Waals surface area (Å²) in [6.45, 7) is 14.1. The summed E-state index contributed by atoms with van der Waals surface area (Å²) in [4.78, 5) is 9.27. The second-order valence-electron chi connectivity index (χ2n) is 8.07. The molecular weight excluding hydrogens is 378 g/mol. The summed E-state index contributed by atoms with van der Waals surface area (Å²) in [6.07, 6.45) is 5.01. The first-order chi connectivity index (χ1) is 14.5. The Balaban J connectivity index is 1.72. The summed E-state index contributed by atoms with van der Waals surface area (Å²) in [6, 6.07) is 4.18. The van der Waals surface area contributed by atoms with Gasteiger partial charge in [0.2, 0.25) is 0 Å². The molecule has 0 saturated carbocycles. The van der Waals surface area contributed by atoms with Crippen molar-refractivity contribution in [3.8, 4) is 11.5 Å². The third-order valence-electron chi connectivity index (χ3n) is 4.91. The Morgan fingerprint density at radius 1 is 1.33 bits per heavy atom. The Bertz CT molecular complexity index is 859. The zero-order valence-corrected chi connectivity index (χ0v) is 18.9. The molecule has 7 nitrogen and oxygen atoms in total. The van der Waals surface area contributed by atoms with Gasteiger partial charge in [-0.1, -0.05) is 13.8 Å². The highest BCUT2D eigenvalue weighted by molar-refractivity contribution is 5.79. The molecule has 0 saturated heterocycles. The summed E-state index contributed by atoms with van der Waals surface area (Å²) in [5.74, 6) is 4.17. The quantitative estimate of drug-likeness (QED) is 0.486. The highest BCUT2D eigenvalue weighted by Crippen LogP contribution is 2.35. The predicted octanol–water partition coefficient (Wildman–Crippen LogP) is 3.52. The number of fused-ring (bicyclic) bond motifs is 1. The van der Waals surface area contributed by atoms with E-state index in [1.165, 1.54) is 5.56 Å². The van der Waals surface area contributed by atoms with Crippen molar-refractivity contribution in [3.63, 3.8) is 0 Å². The van der Waals surface area contributed by atoms with Crippen LogP contribution in [0.3, 0.4) is 0 Å². The van der Waals surface area contributed by atoms with E-state index in [1.54, 1.807) is 0 Å². The van der Waals surface area contributed by atoms with Gasteiger partial charge in [0, 0.05) is 43.0 Å². The Morgan fingerprint density at radius 2 is 2.17 bits per heavy atom. The van der Waals surface area contributed by atoms with Crippen LogP contribution in [-0.2, 0) is 26.1 Å². The molecule has 2 N–H and O–H groups in total. The predicted molar refractivity (Wildman–Crippen MR) is 120 cm³/mol. The molecule has 2 aromatic rings. The number of nitrogens with one attached hydrogen (secondary N) is 2. The number of nitrogens with zero attached hydrogens (tertiary/aromatic N) is 3. The van der Waals surface area contributed by atoms with Crippen LogP contribution < -0.4 is 20.1 Å². The van der Waals surface area contributed by atoms with Crippen LogP contribution in [-0.4, -0.2) is 34.8 Å². The van der Waals surface area contributed by atoms with Gasteiger partial charge in [0.1, 0.15) is 23.4 Å². The number of ether oxygens (including phenoxy) is 2. The molecule has 3 rings (SSSR count). The summed E-state index contributed by atoms with van der Waals surface area (Å²) in [5.41, 5.74) is 2.24. The minimum absolute atomic E-state index is 0.210. The lowest BCUT2D eigenvalue weighted by Crippen LogP contribution is -2.37. The van der Waals surface area contributed by atoms with Crippen molar-refractivity contribution in [2.75, 3.05) is 13.2 Å². The van der Waals surface area contributed by atoms with Gasteiger partial charge in [-0.25, -0.2) is 9.98 Å². The summed E-state index contributed by atoms with van der Waals surface area (Å²) in [5, 5.41) is 6.72. The highest BCUT2D eigenvalue weighted by Gasteiger charge is 2.21. The Kier molecular flexibility index (Phi) is 7.60. The molecule has 0 amide bonds. The number of benzene rings is 1. The molecule has 0 bridgehead atoms. The zero-order chi connectivity index (χ0) is 21.5. The number of hydrogen-bond donors (Lipinski definition) is 2. The zero-order valence-electron chi connectivity index (χ0n) is 18.9. The van der Waals surface area contributed by atoms with Gasteiger partial charge in [-0.2, -0.15) is 0 Å². The van der Waals surface area contributed by atoms with Gasteiger partial charge < -0.3 is 24.7 Å². The fraction of sp³-hybridized carbons (Fsp3) is 0.565. The molecule has 1 aromatic carbocycles. The maximum atomic E-state index is 5.93. The first kappa shape index (κ1) is 22.0. The van der Waals surface area contributed by atoms with Crippen molar-refractivity contribution in [1.29, 1.82) is 0 Å². The van der Waals surface area contributed by atoms with Gasteiger partial charge in [0.25, 0.3) is 0 Å². The largest absolute Gasteiger partial charge is 0.494 e. The van der Waals surface area contributed by atoms with Crippen molar-refractivity contribution < 1.29 is 9.47 Å². The van der Waals surface area contributed by atoms with Crippen molar-refractivity contribution in [2.45, 2.75) is 66.8 Å². The number of hydrogen-bond acceptors (Lipinski definition) is 4. The third-order valence-corrected chi connectivity index (χ3v) is 4.91. The summed E-state index contributed by atoms with van der Waals surface area (Å²) >= 11 is 0. The second kappa shape index (κ2) is 10.4. The van der Waals surface area contributed by atoms with Gasteiger partial charge in [0.15, 0.2) is 5.96 Å². The first-order valence-electron chi connectivity index (χ1n) is 11.0. The van der Waals surface area contributed by atoms with Crippen LogP contribution in [0.5, 0.6) is 11.5 Å². The Labute approximate surface area is 179 Å². The van der Waals surface area contributed by atoms with Gasteiger partial charge in [0.05, 0.1) is 19.7 Å². The van der Waals surface area contributed by atoms with Crippen molar-refractivity contribution >= 4 is 5.96 Å². The average molecular weight is 414 g/mol. The van der Waals surface area contributed by atoms with Crippen molar-refractivity contribution in [1.82, 2.24) is 20.2 Å². The van der Waals surface area contributed by atoms with Gasteiger partial charge in [-0.3, -0.25) is 0 Å². The van der Waals surface area contributed by atoms with E-state index in [0.29, 0.717) is 25.6 Å². The molecule has 1 unspecified atom stereocenters. The molecule has 1 aliphatic heterocycles. The SMILES string of the molecule is CCNC(=NCc1cc2c(cc1OCC)CC(C)O2)NCc1nccn1CC(C)C. The molecule has 2 heterocycles. The Morgan fingerprint density at radius 3 is 2.90 bits per heavy atom. The van der Waals surface area contributed by atoms with E-state index in [2.05, 4.69) is 60.0 Å².